The Balaban J connectivity index is 1.74. The van der Waals surface area contributed by atoms with Crippen LogP contribution in [0.3, 0.4) is 0 Å². The number of allylic oxidation sites excluding steroid dienone is 2. The second-order valence-electron chi connectivity index (χ2n) is 8.12. The largest absolute Gasteiger partial charge is 0.573 e. The molecule has 3 aromatic rings. The van der Waals surface area contributed by atoms with E-state index in [9.17, 15) is 23.1 Å². The summed E-state index contributed by atoms with van der Waals surface area (Å²) < 4.78 is 58.1. The molecule has 0 spiro atoms. The van der Waals surface area contributed by atoms with E-state index in [1.807, 2.05) is 0 Å². The number of phenolic OH excluding ortho intramolecular Hbond substituents is 1. The molecule has 0 fully saturated rings. The number of fused-ring (bicyclic) bond motifs is 1. The molecule has 1 amide bonds. The van der Waals surface area contributed by atoms with Gasteiger partial charge < -0.3 is 29.1 Å². The smallest absolute Gasteiger partial charge is 0.502 e. The molecule has 0 unspecified atom stereocenters. The molecule has 37 heavy (non-hydrogen) atoms. The van der Waals surface area contributed by atoms with Crippen LogP contribution in [-0.4, -0.2) is 36.6 Å². The first-order valence-electron chi connectivity index (χ1n) is 11.0. The van der Waals surface area contributed by atoms with E-state index in [1.54, 1.807) is 25.1 Å². The number of hydrogen-bond acceptors (Lipinski definition) is 7. The van der Waals surface area contributed by atoms with Crippen molar-refractivity contribution in [1.82, 2.24) is 10.3 Å². The van der Waals surface area contributed by atoms with Crippen molar-refractivity contribution in [2.45, 2.75) is 26.3 Å². The van der Waals surface area contributed by atoms with Gasteiger partial charge in [-0.2, -0.15) is 0 Å². The van der Waals surface area contributed by atoms with E-state index in [-0.39, 0.29) is 36.1 Å². The minimum absolute atomic E-state index is 0.0916. The Morgan fingerprint density at radius 3 is 2.43 bits per heavy atom. The average molecular weight is 516 g/mol. The maximum absolute atomic E-state index is 12.9. The Morgan fingerprint density at radius 2 is 1.84 bits per heavy atom. The van der Waals surface area contributed by atoms with Gasteiger partial charge >= 0.3 is 6.36 Å². The summed E-state index contributed by atoms with van der Waals surface area (Å²) in [6, 6.07) is 7.20. The Bertz CT molecular complexity index is 1350. The van der Waals surface area contributed by atoms with Gasteiger partial charge in [0.15, 0.2) is 17.9 Å². The third kappa shape index (κ3) is 5.71. The van der Waals surface area contributed by atoms with E-state index in [4.69, 9.17) is 13.9 Å². The molecule has 1 aromatic heterocycles. The van der Waals surface area contributed by atoms with Gasteiger partial charge in [0.25, 0.3) is 0 Å². The third-order valence-corrected chi connectivity index (χ3v) is 5.80. The molecule has 1 aliphatic rings. The molecule has 0 radical (unpaired) electrons. The molecule has 2 aromatic carbocycles. The van der Waals surface area contributed by atoms with Crippen molar-refractivity contribution in [3.05, 3.63) is 70.9 Å². The summed E-state index contributed by atoms with van der Waals surface area (Å²) in [5.74, 6) is -0.530. The van der Waals surface area contributed by atoms with Crippen molar-refractivity contribution in [3.63, 3.8) is 0 Å². The fourth-order valence-electron chi connectivity index (χ4n) is 4.09. The monoisotopic (exact) mass is 516 g/mol. The first kappa shape index (κ1) is 25.7. The number of rotatable bonds is 8. The van der Waals surface area contributed by atoms with Gasteiger partial charge in [0.2, 0.25) is 11.7 Å². The number of aromatic nitrogens is 1. The van der Waals surface area contributed by atoms with E-state index < -0.39 is 12.1 Å². The summed E-state index contributed by atoms with van der Waals surface area (Å²) in [5, 5.41) is 13.0. The number of alkyl halides is 3. The zero-order chi connectivity index (χ0) is 26.7. The molecule has 0 saturated carbocycles. The number of carbonyl (C=O) groups is 1. The fourth-order valence-corrected chi connectivity index (χ4v) is 4.09. The molecule has 0 saturated heterocycles. The van der Waals surface area contributed by atoms with Crippen molar-refractivity contribution in [3.8, 4) is 23.0 Å². The predicted octanol–water partition coefficient (Wildman–Crippen LogP) is 5.33. The summed E-state index contributed by atoms with van der Waals surface area (Å²) in [5.41, 5.74) is 4.13. The van der Waals surface area contributed by atoms with Crippen LogP contribution >= 0.6 is 0 Å². The zero-order valence-electron chi connectivity index (χ0n) is 20.1. The molecule has 0 atom stereocenters. The van der Waals surface area contributed by atoms with Gasteiger partial charge in [0.05, 0.1) is 32.9 Å². The summed E-state index contributed by atoms with van der Waals surface area (Å²) in [6.45, 7) is 1.92. The zero-order valence-corrected chi connectivity index (χ0v) is 20.1. The van der Waals surface area contributed by atoms with Gasteiger partial charge in [0, 0.05) is 0 Å². The van der Waals surface area contributed by atoms with Crippen LogP contribution in [0.25, 0.3) is 17.2 Å². The summed E-state index contributed by atoms with van der Waals surface area (Å²) in [7, 11) is 2.80. The first-order valence-corrected chi connectivity index (χ1v) is 11.0. The first-order chi connectivity index (χ1) is 17.6. The minimum Gasteiger partial charge on any atom is -0.502 e. The molecule has 0 aliphatic heterocycles. The van der Waals surface area contributed by atoms with Crippen molar-refractivity contribution in [2.24, 2.45) is 0 Å². The highest BCUT2D eigenvalue weighted by Gasteiger charge is 2.33. The number of phenols is 1. The van der Waals surface area contributed by atoms with Crippen molar-refractivity contribution in [1.29, 1.82) is 0 Å². The van der Waals surface area contributed by atoms with Crippen LogP contribution in [0.4, 0.5) is 13.2 Å². The Labute approximate surface area is 210 Å². The average Bonchev–Trinajstić information content (AvgIpc) is 3.45. The van der Waals surface area contributed by atoms with Crippen LogP contribution in [0.2, 0.25) is 0 Å². The maximum atomic E-state index is 12.9. The lowest BCUT2D eigenvalue weighted by Crippen LogP contribution is -2.23. The fraction of sp³-hybridized carbons (Fsp3) is 0.231. The van der Waals surface area contributed by atoms with Gasteiger partial charge in [-0.05, 0) is 70.7 Å². The number of hydrogen-bond donors (Lipinski definition) is 2. The van der Waals surface area contributed by atoms with Crippen LogP contribution in [-0.2, 0) is 11.3 Å². The summed E-state index contributed by atoms with van der Waals surface area (Å²) >= 11 is 0. The van der Waals surface area contributed by atoms with Gasteiger partial charge in [-0.25, -0.2) is 4.98 Å². The van der Waals surface area contributed by atoms with Crippen LogP contribution in [0.5, 0.6) is 23.0 Å². The summed E-state index contributed by atoms with van der Waals surface area (Å²) in [6.07, 6.45) is -0.529. The van der Waals surface area contributed by atoms with E-state index in [1.165, 1.54) is 45.1 Å². The van der Waals surface area contributed by atoms with E-state index in [0.29, 0.717) is 39.1 Å². The number of oxazole rings is 1. The number of carbonyl (C=O) groups excluding carboxylic acids is 1. The van der Waals surface area contributed by atoms with Crippen molar-refractivity contribution in [2.75, 3.05) is 14.2 Å². The highest BCUT2D eigenvalue weighted by atomic mass is 19.4. The third-order valence-electron chi connectivity index (χ3n) is 5.80. The molecule has 8 nitrogen and oxygen atoms in total. The van der Waals surface area contributed by atoms with Gasteiger partial charge in [-0.1, -0.05) is 6.07 Å². The Kier molecular flexibility index (Phi) is 7.14. The second-order valence-corrected chi connectivity index (χ2v) is 8.12. The number of benzene rings is 2. The molecule has 1 aliphatic carbocycles. The topological polar surface area (TPSA) is 103 Å². The normalized spacial score (nSPS) is 14.1. The van der Waals surface area contributed by atoms with E-state index >= 15 is 0 Å². The lowest BCUT2D eigenvalue weighted by Gasteiger charge is -2.12. The Morgan fingerprint density at radius 1 is 1.14 bits per heavy atom. The van der Waals surface area contributed by atoms with Crippen molar-refractivity contribution < 1.29 is 41.7 Å². The number of halogens is 3. The van der Waals surface area contributed by atoms with Crippen molar-refractivity contribution >= 4 is 23.1 Å². The number of nitrogens with zero attached hydrogens (tertiary/aromatic N) is 1. The molecule has 2 N–H and O–H groups in total. The SMILES string of the molecule is COc1cc(/C=C2/C(C)=C(CC(=O)NCc3cocn3)c3cc(OC(F)(F)F)ccc32)cc(OC)c1O. The van der Waals surface area contributed by atoms with Crippen LogP contribution in [0, 0.1) is 0 Å². The number of aromatic hydroxyl groups is 1. The molecule has 4 rings (SSSR count). The summed E-state index contributed by atoms with van der Waals surface area (Å²) in [4.78, 5) is 16.7. The van der Waals surface area contributed by atoms with E-state index in [0.717, 1.165) is 0 Å². The van der Waals surface area contributed by atoms with E-state index in [2.05, 4.69) is 15.0 Å². The maximum Gasteiger partial charge on any atom is 0.573 e. The standard InChI is InChI=1S/C26H23F3N2O6/c1-14-19(6-15-7-22(34-2)25(33)23(8-15)35-3)18-5-4-17(37-26(27,28)29)9-21(18)20(14)10-24(32)30-11-16-12-36-13-31-16/h4-9,12-13,33H,10-11H2,1-3H3,(H,30,32)/b19-6-. The number of amides is 1. The highest BCUT2D eigenvalue weighted by Crippen LogP contribution is 2.46. The Hall–Kier alpha value is -4.41. The lowest BCUT2D eigenvalue weighted by molar-refractivity contribution is -0.274. The van der Waals surface area contributed by atoms with Gasteiger partial charge in [0.1, 0.15) is 12.0 Å². The van der Waals surface area contributed by atoms with Crippen LogP contribution in [0.1, 0.15) is 35.7 Å². The highest BCUT2D eigenvalue weighted by molar-refractivity contribution is 6.08. The second kappa shape index (κ2) is 10.3. The van der Waals surface area contributed by atoms with Gasteiger partial charge in [-0.3, -0.25) is 4.79 Å². The number of methoxy groups -OCH3 is 2. The molecular formula is C26H23F3N2O6. The van der Waals surface area contributed by atoms with Crippen LogP contribution in [0.15, 0.2) is 53.0 Å². The van der Waals surface area contributed by atoms with Gasteiger partial charge in [-0.15, -0.1) is 13.2 Å². The molecule has 11 heteroatoms. The molecular weight excluding hydrogens is 493 g/mol. The molecule has 0 bridgehead atoms. The van der Waals surface area contributed by atoms with Crippen LogP contribution < -0.4 is 19.5 Å². The minimum atomic E-state index is -4.86. The molecule has 194 valence electrons. The predicted molar refractivity (Wildman–Crippen MR) is 128 cm³/mol. The number of ether oxygens (including phenoxy) is 3. The molecule has 1 heterocycles. The quantitative estimate of drug-likeness (QED) is 0.417. The number of nitrogens with one attached hydrogen (secondary N) is 1. The lowest BCUT2D eigenvalue weighted by atomic mass is 10.00.